The van der Waals surface area contributed by atoms with Gasteiger partial charge in [-0.15, -0.1) is 0 Å². The molecule has 0 amide bonds. The minimum absolute atomic E-state index is 0.183. The molecule has 0 saturated carbocycles. The lowest BCUT2D eigenvalue weighted by Crippen LogP contribution is -2.30. The molecule has 0 bridgehead atoms. The van der Waals surface area contributed by atoms with Gasteiger partial charge >= 0.3 is 5.97 Å². The number of hydrogen-bond donors (Lipinski definition) is 0. The predicted molar refractivity (Wildman–Crippen MR) is 115 cm³/mol. The van der Waals surface area contributed by atoms with Crippen molar-refractivity contribution in [2.75, 3.05) is 26.2 Å². The molecule has 1 aliphatic heterocycles. The lowest BCUT2D eigenvalue weighted by molar-refractivity contribution is -0.144. The van der Waals surface area contributed by atoms with Gasteiger partial charge in [-0.1, -0.05) is 47.5 Å². The second-order valence-corrected chi connectivity index (χ2v) is 8.16. The van der Waals surface area contributed by atoms with Gasteiger partial charge in [-0.2, -0.15) is 5.26 Å². The average molecular weight is 431 g/mol. The van der Waals surface area contributed by atoms with E-state index >= 15 is 0 Å². The number of benzene rings is 2. The van der Waals surface area contributed by atoms with Gasteiger partial charge in [0.2, 0.25) is 0 Å². The largest absolute Gasteiger partial charge is 0.465 e. The molecular formula is C23H24Cl2N2O2. The maximum atomic E-state index is 11.9. The highest BCUT2D eigenvalue weighted by Gasteiger charge is 2.32. The lowest BCUT2D eigenvalue weighted by Gasteiger charge is -2.25. The zero-order chi connectivity index (χ0) is 20.8. The Balaban J connectivity index is 1.84. The average Bonchev–Trinajstić information content (AvgIpc) is 3.15. The SMILES string of the molecule is CCOC(=O)CN1CC[C@H](C(Cc2ccccc2Cl)c2ccc(C#N)c(Cl)c2)C1. The molecule has 0 spiro atoms. The van der Waals surface area contributed by atoms with E-state index in [4.69, 9.17) is 27.9 Å². The molecule has 2 atom stereocenters. The van der Waals surface area contributed by atoms with Crippen LogP contribution in [0.2, 0.25) is 10.0 Å². The Morgan fingerprint density at radius 3 is 2.76 bits per heavy atom. The van der Waals surface area contributed by atoms with Crippen molar-refractivity contribution in [2.24, 2.45) is 5.92 Å². The van der Waals surface area contributed by atoms with Gasteiger partial charge in [0, 0.05) is 11.6 Å². The monoisotopic (exact) mass is 430 g/mol. The van der Waals surface area contributed by atoms with Crippen LogP contribution in [0.15, 0.2) is 42.5 Å². The third-order valence-corrected chi connectivity index (χ3v) is 6.16. The molecule has 1 unspecified atom stereocenters. The Kier molecular flexibility index (Phi) is 7.55. The first-order chi connectivity index (χ1) is 14.0. The standard InChI is InChI=1S/C23H24Cl2N2O2/c1-2-29-23(28)15-27-10-9-19(14-27)20(11-17-5-3-4-6-21(17)24)16-7-8-18(13-26)22(25)12-16/h3-8,12,19-20H,2,9-11,14-15H2,1H3/t19-,20?/m0/s1. The van der Waals surface area contributed by atoms with Crippen molar-refractivity contribution in [3.8, 4) is 6.07 Å². The van der Waals surface area contributed by atoms with E-state index in [1.165, 1.54) is 0 Å². The summed E-state index contributed by atoms with van der Waals surface area (Å²) in [6.45, 7) is 4.20. The molecule has 1 aliphatic rings. The number of hydrogen-bond acceptors (Lipinski definition) is 4. The fourth-order valence-corrected chi connectivity index (χ4v) is 4.48. The number of ether oxygens (including phenoxy) is 1. The van der Waals surface area contributed by atoms with Gasteiger partial charge in [0.15, 0.2) is 0 Å². The molecule has 152 valence electrons. The Morgan fingerprint density at radius 2 is 2.07 bits per heavy atom. The maximum absolute atomic E-state index is 11.9. The summed E-state index contributed by atoms with van der Waals surface area (Å²) in [6, 6.07) is 15.7. The van der Waals surface area contributed by atoms with E-state index in [9.17, 15) is 10.1 Å². The molecule has 6 heteroatoms. The van der Waals surface area contributed by atoms with Crippen LogP contribution in [0, 0.1) is 17.2 Å². The third kappa shape index (κ3) is 5.51. The molecule has 2 aromatic rings. The summed E-state index contributed by atoms with van der Waals surface area (Å²) in [7, 11) is 0. The van der Waals surface area contributed by atoms with E-state index in [0.717, 1.165) is 42.1 Å². The molecule has 3 rings (SSSR count). The number of likely N-dealkylation sites (tertiary alicyclic amines) is 1. The third-order valence-electron chi connectivity index (χ3n) is 5.48. The summed E-state index contributed by atoms with van der Waals surface area (Å²) < 4.78 is 5.09. The van der Waals surface area contributed by atoms with Gasteiger partial charge in [0.25, 0.3) is 0 Å². The Morgan fingerprint density at radius 1 is 1.28 bits per heavy atom. The fourth-order valence-electron chi connectivity index (χ4n) is 4.03. The maximum Gasteiger partial charge on any atom is 0.320 e. The van der Waals surface area contributed by atoms with Crippen molar-refractivity contribution >= 4 is 29.2 Å². The first-order valence-corrected chi connectivity index (χ1v) is 10.6. The van der Waals surface area contributed by atoms with Gasteiger partial charge in [-0.05, 0) is 67.5 Å². The van der Waals surface area contributed by atoms with Crippen LogP contribution in [-0.2, 0) is 16.0 Å². The summed E-state index contributed by atoms with van der Waals surface area (Å²) in [5.74, 6) is 0.356. The second-order valence-electron chi connectivity index (χ2n) is 7.34. The highest BCUT2D eigenvalue weighted by molar-refractivity contribution is 6.32. The van der Waals surface area contributed by atoms with Crippen molar-refractivity contribution in [1.29, 1.82) is 5.26 Å². The molecule has 1 heterocycles. The van der Waals surface area contributed by atoms with Crippen LogP contribution >= 0.6 is 23.2 Å². The van der Waals surface area contributed by atoms with Crippen LogP contribution < -0.4 is 0 Å². The number of carbonyl (C=O) groups is 1. The molecule has 1 fully saturated rings. The molecular weight excluding hydrogens is 407 g/mol. The van der Waals surface area contributed by atoms with Crippen LogP contribution in [-0.4, -0.2) is 37.1 Å². The van der Waals surface area contributed by atoms with Crippen LogP contribution in [0.5, 0.6) is 0 Å². The van der Waals surface area contributed by atoms with Crippen LogP contribution in [0.1, 0.15) is 36.0 Å². The van der Waals surface area contributed by atoms with Gasteiger partial charge in [-0.25, -0.2) is 0 Å². The number of nitriles is 1. The molecule has 2 aromatic carbocycles. The Bertz CT molecular complexity index is 910. The topological polar surface area (TPSA) is 53.3 Å². The van der Waals surface area contributed by atoms with Crippen molar-refractivity contribution < 1.29 is 9.53 Å². The first-order valence-electron chi connectivity index (χ1n) is 9.82. The summed E-state index contributed by atoms with van der Waals surface area (Å²) in [6.07, 6.45) is 1.76. The second kappa shape index (κ2) is 10.1. The first kappa shape index (κ1) is 21.6. The minimum atomic E-state index is -0.183. The zero-order valence-corrected chi connectivity index (χ0v) is 17.9. The Hall–Kier alpha value is -2.06. The van der Waals surface area contributed by atoms with E-state index in [1.54, 1.807) is 6.07 Å². The van der Waals surface area contributed by atoms with Crippen molar-refractivity contribution in [2.45, 2.75) is 25.7 Å². The van der Waals surface area contributed by atoms with E-state index < -0.39 is 0 Å². The number of rotatable bonds is 7. The normalized spacial score (nSPS) is 17.7. The van der Waals surface area contributed by atoms with E-state index in [-0.39, 0.29) is 11.9 Å². The summed E-state index contributed by atoms with van der Waals surface area (Å²) in [4.78, 5) is 14.0. The molecule has 0 aromatic heterocycles. The van der Waals surface area contributed by atoms with Crippen LogP contribution in [0.4, 0.5) is 0 Å². The van der Waals surface area contributed by atoms with E-state index in [1.807, 2.05) is 43.3 Å². The number of nitrogens with zero attached hydrogens (tertiary/aromatic N) is 2. The zero-order valence-electron chi connectivity index (χ0n) is 16.4. The van der Waals surface area contributed by atoms with Crippen molar-refractivity contribution in [3.05, 3.63) is 69.2 Å². The number of carbonyl (C=O) groups excluding carboxylic acids is 1. The number of halogens is 2. The lowest BCUT2D eigenvalue weighted by atomic mass is 9.80. The van der Waals surface area contributed by atoms with Crippen LogP contribution in [0.25, 0.3) is 0 Å². The quantitative estimate of drug-likeness (QED) is 0.574. The fraction of sp³-hybridized carbons (Fsp3) is 0.391. The minimum Gasteiger partial charge on any atom is -0.465 e. The summed E-state index contributed by atoms with van der Waals surface area (Å²) in [5, 5.41) is 10.4. The summed E-state index contributed by atoms with van der Waals surface area (Å²) >= 11 is 12.8. The predicted octanol–water partition coefficient (Wildman–Crippen LogP) is 5.08. The van der Waals surface area contributed by atoms with Gasteiger partial charge in [-0.3, -0.25) is 9.69 Å². The van der Waals surface area contributed by atoms with E-state index in [2.05, 4.69) is 11.0 Å². The van der Waals surface area contributed by atoms with Crippen LogP contribution in [0.3, 0.4) is 0 Å². The van der Waals surface area contributed by atoms with Crippen molar-refractivity contribution in [3.63, 3.8) is 0 Å². The molecule has 0 radical (unpaired) electrons. The smallest absolute Gasteiger partial charge is 0.320 e. The van der Waals surface area contributed by atoms with E-state index in [0.29, 0.717) is 29.7 Å². The highest BCUT2D eigenvalue weighted by atomic mass is 35.5. The number of esters is 1. The molecule has 1 saturated heterocycles. The van der Waals surface area contributed by atoms with Gasteiger partial charge in [0.05, 0.1) is 23.7 Å². The molecule has 0 N–H and O–H groups in total. The highest BCUT2D eigenvalue weighted by Crippen LogP contribution is 2.37. The van der Waals surface area contributed by atoms with Crippen molar-refractivity contribution in [1.82, 2.24) is 4.90 Å². The molecule has 29 heavy (non-hydrogen) atoms. The molecule has 0 aliphatic carbocycles. The van der Waals surface area contributed by atoms with Gasteiger partial charge < -0.3 is 4.74 Å². The summed E-state index contributed by atoms with van der Waals surface area (Å²) in [5.41, 5.74) is 2.66. The van der Waals surface area contributed by atoms with Gasteiger partial charge in [0.1, 0.15) is 6.07 Å². The molecule has 4 nitrogen and oxygen atoms in total. The Labute approximate surface area is 182 Å².